The van der Waals surface area contributed by atoms with E-state index >= 15 is 0 Å². The highest BCUT2D eigenvalue weighted by Crippen LogP contribution is 2.24. The van der Waals surface area contributed by atoms with Gasteiger partial charge in [-0.1, -0.05) is 6.08 Å². The molecule has 3 nitrogen and oxygen atoms in total. The van der Waals surface area contributed by atoms with Crippen molar-refractivity contribution in [3.8, 4) is 6.07 Å². The lowest BCUT2D eigenvalue weighted by atomic mass is 10.1. The molecule has 5 heteroatoms. The van der Waals surface area contributed by atoms with Gasteiger partial charge in [0.1, 0.15) is 17.7 Å². The van der Waals surface area contributed by atoms with Crippen LogP contribution >= 0.6 is 0 Å². The van der Waals surface area contributed by atoms with Crippen LogP contribution in [0.15, 0.2) is 24.8 Å². The van der Waals surface area contributed by atoms with Gasteiger partial charge in [-0.25, -0.2) is 8.78 Å². The van der Waals surface area contributed by atoms with Crippen LogP contribution in [0.3, 0.4) is 0 Å². The summed E-state index contributed by atoms with van der Waals surface area (Å²) >= 11 is 0. The van der Waals surface area contributed by atoms with Crippen molar-refractivity contribution < 1.29 is 8.78 Å². The molecule has 94 valence electrons. The third-order valence-corrected chi connectivity index (χ3v) is 2.99. The average Bonchev–Trinajstić information content (AvgIpc) is 2.41. The number of anilines is 1. The Morgan fingerprint density at radius 1 is 1.44 bits per heavy atom. The van der Waals surface area contributed by atoms with Crippen molar-refractivity contribution in [2.75, 3.05) is 24.5 Å². The van der Waals surface area contributed by atoms with Gasteiger partial charge in [-0.3, -0.25) is 0 Å². The molecule has 0 amide bonds. The van der Waals surface area contributed by atoms with Gasteiger partial charge >= 0.3 is 0 Å². The van der Waals surface area contributed by atoms with Gasteiger partial charge in [0.15, 0.2) is 0 Å². The Hall–Kier alpha value is -1.93. The summed E-state index contributed by atoms with van der Waals surface area (Å²) in [4.78, 5) is 1.75. The van der Waals surface area contributed by atoms with Crippen molar-refractivity contribution in [3.63, 3.8) is 0 Å². The maximum absolute atomic E-state index is 13.8. The molecular formula is C13H13F2N3. The first kappa shape index (κ1) is 12.5. The number of rotatable bonds is 2. The van der Waals surface area contributed by atoms with Gasteiger partial charge in [0.05, 0.1) is 11.3 Å². The van der Waals surface area contributed by atoms with Crippen LogP contribution in [0.5, 0.6) is 0 Å². The quantitative estimate of drug-likeness (QED) is 0.812. The molecule has 0 aliphatic carbocycles. The first-order valence-corrected chi connectivity index (χ1v) is 5.65. The van der Waals surface area contributed by atoms with Crippen molar-refractivity contribution in [1.29, 1.82) is 5.26 Å². The predicted octanol–water partition coefficient (Wildman–Crippen LogP) is 1.80. The number of hydrogen-bond donors (Lipinski definition) is 1. The van der Waals surface area contributed by atoms with E-state index in [2.05, 4.69) is 11.9 Å². The third kappa shape index (κ3) is 2.34. The van der Waals surface area contributed by atoms with Gasteiger partial charge in [-0.15, -0.1) is 6.58 Å². The van der Waals surface area contributed by atoms with Crippen molar-refractivity contribution >= 4 is 5.69 Å². The molecule has 1 N–H and O–H groups in total. The Labute approximate surface area is 104 Å². The fourth-order valence-electron chi connectivity index (χ4n) is 2.02. The van der Waals surface area contributed by atoms with Crippen LogP contribution in [0.1, 0.15) is 5.56 Å². The normalized spacial score (nSPS) is 19.4. The van der Waals surface area contributed by atoms with E-state index in [0.29, 0.717) is 19.6 Å². The van der Waals surface area contributed by atoms with Crippen LogP contribution in [-0.4, -0.2) is 25.7 Å². The van der Waals surface area contributed by atoms with Gasteiger partial charge in [0.2, 0.25) is 0 Å². The zero-order valence-electron chi connectivity index (χ0n) is 9.79. The molecule has 1 aromatic carbocycles. The number of piperazine rings is 1. The molecule has 0 spiro atoms. The Bertz CT molecular complexity index is 508. The van der Waals surface area contributed by atoms with Gasteiger partial charge < -0.3 is 10.2 Å². The summed E-state index contributed by atoms with van der Waals surface area (Å²) in [6, 6.07) is 3.70. The second-order valence-corrected chi connectivity index (χ2v) is 4.14. The highest BCUT2D eigenvalue weighted by molar-refractivity contribution is 5.52. The smallest absolute Gasteiger partial charge is 0.148 e. The summed E-state index contributed by atoms with van der Waals surface area (Å²) in [5.74, 6) is -1.26. The fraction of sp³-hybridized carbons (Fsp3) is 0.308. The summed E-state index contributed by atoms with van der Waals surface area (Å²) in [6.45, 7) is 5.48. The molecule has 0 radical (unpaired) electrons. The van der Waals surface area contributed by atoms with Crippen LogP contribution in [0, 0.1) is 23.0 Å². The number of nitrogens with zero attached hydrogens (tertiary/aromatic N) is 2. The molecule has 0 aromatic heterocycles. The van der Waals surface area contributed by atoms with Crippen LogP contribution in [0.2, 0.25) is 0 Å². The molecule has 0 saturated carbocycles. The fourth-order valence-corrected chi connectivity index (χ4v) is 2.02. The van der Waals surface area contributed by atoms with Gasteiger partial charge in [0, 0.05) is 31.7 Å². The standard InChI is InChI=1S/C13H13F2N3/c1-2-10-8-18(4-3-17-10)13-6-11(14)9(7-16)5-12(13)15/h2,5-6,10,17H,1,3-4,8H2/t10-/m0/s1. The number of benzene rings is 1. The Morgan fingerprint density at radius 2 is 2.22 bits per heavy atom. The van der Waals surface area contributed by atoms with Crippen molar-refractivity contribution in [2.24, 2.45) is 0 Å². The van der Waals surface area contributed by atoms with E-state index in [-0.39, 0.29) is 17.3 Å². The van der Waals surface area contributed by atoms with E-state index in [0.717, 1.165) is 12.1 Å². The monoisotopic (exact) mass is 249 g/mol. The van der Waals surface area contributed by atoms with E-state index in [1.54, 1.807) is 17.0 Å². The van der Waals surface area contributed by atoms with Crippen LogP contribution in [0.25, 0.3) is 0 Å². The first-order valence-electron chi connectivity index (χ1n) is 5.65. The maximum atomic E-state index is 13.8. The van der Waals surface area contributed by atoms with Crippen LogP contribution in [0.4, 0.5) is 14.5 Å². The number of halogens is 2. The molecule has 1 aliphatic heterocycles. The summed E-state index contributed by atoms with van der Waals surface area (Å²) in [7, 11) is 0. The molecule has 0 bridgehead atoms. The van der Waals surface area contributed by atoms with Crippen LogP contribution < -0.4 is 10.2 Å². The summed E-state index contributed by atoms with van der Waals surface area (Å²) in [5, 5.41) is 11.8. The second kappa shape index (κ2) is 5.15. The molecule has 1 saturated heterocycles. The van der Waals surface area contributed by atoms with Crippen molar-refractivity contribution in [2.45, 2.75) is 6.04 Å². The molecule has 1 aromatic rings. The first-order chi connectivity index (χ1) is 8.65. The zero-order chi connectivity index (χ0) is 13.1. The van der Waals surface area contributed by atoms with E-state index in [1.165, 1.54) is 0 Å². The van der Waals surface area contributed by atoms with E-state index < -0.39 is 11.6 Å². The Morgan fingerprint density at radius 3 is 2.89 bits per heavy atom. The summed E-state index contributed by atoms with van der Waals surface area (Å²) in [6.07, 6.45) is 1.74. The minimum Gasteiger partial charge on any atom is -0.366 e. The Balaban J connectivity index is 2.31. The lowest BCUT2D eigenvalue weighted by molar-refractivity contribution is 0.506. The SMILES string of the molecule is C=C[C@H]1CN(c2cc(F)c(C#N)cc2F)CCN1. The molecule has 1 fully saturated rings. The van der Waals surface area contributed by atoms with Crippen molar-refractivity contribution in [1.82, 2.24) is 5.32 Å². The van der Waals surface area contributed by atoms with Gasteiger partial charge in [0.25, 0.3) is 0 Å². The van der Waals surface area contributed by atoms with E-state index in [4.69, 9.17) is 5.26 Å². The summed E-state index contributed by atoms with van der Waals surface area (Å²) < 4.78 is 27.3. The Kier molecular flexibility index (Phi) is 3.58. The second-order valence-electron chi connectivity index (χ2n) is 4.14. The maximum Gasteiger partial charge on any atom is 0.148 e. The minimum absolute atomic E-state index is 0.0526. The topological polar surface area (TPSA) is 39.1 Å². The zero-order valence-corrected chi connectivity index (χ0v) is 9.79. The van der Waals surface area contributed by atoms with E-state index in [9.17, 15) is 8.78 Å². The average molecular weight is 249 g/mol. The number of nitriles is 1. The molecule has 2 rings (SSSR count). The van der Waals surface area contributed by atoms with Gasteiger partial charge in [-0.05, 0) is 6.07 Å². The summed E-state index contributed by atoms with van der Waals surface area (Å²) in [5.41, 5.74) is -0.0773. The number of nitrogens with one attached hydrogen (secondary N) is 1. The highest BCUT2D eigenvalue weighted by atomic mass is 19.1. The lowest BCUT2D eigenvalue weighted by Gasteiger charge is -2.34. The number of hydrogen-bond acceptors (Lipinski definition) is 3. The molecule has 1 aliphatic rings. The highest BCUT2D eigenvalue weighted by Gasteiger charge is 2.21. The third-order valence-electron chi connectivity index (χ3n) is 2.99. The largest absolute Gasteiger partial charge is 0.366 e. The lowest BCUT2D eigenvalue weighted by Crippen LogP contribution is -2.50. The molecular weight excluding hydrogens is 236 g/mol. The molecule has 18 heavy (non-hydrogen) atoms. The van der Waals surface area contributed by atoms with Crippen LogP contribution in [-0.2, 0) is 0 Å². The predicted molar refractivity (Wildman–Crippen MR) is 65.3 cm³/mol. The minimum atomic E-state index is -0.692. The van der Waals surface area contributed by atoms with E-state index in [1.807, 2.05) is 0 Å². The molecule has 0 unspecified atom stereocenters. The molecule has 1 heterocycles. The van der Waals surface area contributed by atoms with Gasteiger partial charge in [-0.2, -0.15) is 5.26 Å². The van der Waals surface area contributed by atoms with Crippen molar-refractivity contribution in [3.05, 3.63) is 42.0 Å². The molecule has 1 atom stereocenters.